The number of rotatable bonds is 2. The van der Waals surface area contributed by atoms with Gasteiger partial charge in [0.25, 0.3) is 0 Å². The van der Waals surface area contributed by atoms with Crippen molar-refractivity contribution < 1.29 is 19.1 Å². The third-order valence-electron chi connectivity index (χ3n) is 4.34. The molecule has 0 aliphatic carbocycles. The highest BCUT2D eigenvalue weighted by molar-refractivity contribution is 5.75. The normalized spacial score (nSPS) is 24.0. The first-order chi connectivity index (χ1) is 11.6. The topological polar surface area (TPSA) is 71.1 Å². The molecule has 24 heavy (non-hydrogen) atoms. The van der Waals surface area contributed by atoms with E-state index in [1.807, 2.05) is 30.3 Å². The van der Waals surface area contributed by atoms with E-state index in [1.54, 1.807) is 9.80 Å². The third-order valence-corrected chi connectivity index (χ3v) is 4.34. The lowest BCUT2D eigenvalue weighted by Gasteiger charge is -2.47. The van der Waals surface area contributed by atoms with Crippen molar-refractivity contribution in [3.8, 4) is 0 Å². The number of carbonyl (C=O) groups excluding carboxylic acids is 2. The van der Waals surface area contributed by atoms with Gasteiger partial charge in [0, 0.05) is 26.6 Å². The lowest BCUT2D eigenvalue weighted by molar-refractivity contribution is -0.284. The maximum atomic E-state index is 12.4. The minimum absolute atomic E-state index is 0.00747. The maximum Gasteiger partial charge on any atom is 0.317 e. The minimum atomic E-state index is -0.910. The Bertz CT molecular complexity index is 591. The van der Waals surface area contributed by atoms with Gasteiger partial charge in [0.1, 0.15) is 0 Å². The van der Waals surface area contributed by atoms with Gasteiger partial charge in [-0.2, -0.15) is 0 Å². The number of morpholine rings is 2. The van der Waals surface area contributed by atoms with Gasteiger partial charge >= 0.3 is 6.03 Å². The number of hydrogen-bond donors (Lipinski definition) is 1. The Balaban J connectivity index is 1.58. The molecule has 1 unspecified atom stereocenters. The molecule has 2 fully saturated rings. The fourth-order valence-corrected chi connectivity index (χ4v) is 3.03. The van der Waals surface area contributed by atoms with Crippen molar-refractivity contribution in [2.75, 3.05) is 39.4 Å². The van der Waals surface area contributed by atoms with Gasteiger partial charge in [-0.05, 0) is 5.56 Å². The summed E-state index contributed by atoms with van der Waals surface area (Å²) in [7, 11) is 0. The van der Waals surface area contributed by atoms with Crippen LogP contribution in [0, 0.1) is 0 Å². The molecule has 2 aliphatic rings. The average molecular weight is 333 g/mol. The number of urea groups is 1. The lowest BCUT2D eigenvalue weighted by atomic mass is 10.1. The van der Waals surface area contributed by atoms with Gasteiger partial charge in [0.05, 0.1) is 26.3 Å². The Morgan fingerprint density at radius 1 is 1.08 bits per heavy atom. The SMILES string of the molecule is CC(=O)N1CCOC2(C1)CN(C(=O)NCc1ccccc1)CCO2. The number of carbonyl (C=O) groups is 2. The van der Waals surface area contributed by atoms with Gasteiger partial charge in [-0.15, -0.1) is 0 Å². The Morgan fingerprint density at radius 2 is 1.71 bits per heavy atom. The summed E-state index contributed by atoms with van der Waals surface area (Å²) in [5, 5.41) is 2.92. The van der Waals surface area contributed by atoms with E-state index in [-0.39, 0.29) is 11.9 Å². The van der Waals surface area contributed by atoms with Crippen molar-refractivity contribution >= 4 is 11.9 Å². The molecule has 1 spiro atoms. The molecule has 0 radical (unpaired) electrons. The summed E-state index contributed by atoms with van der Waals surface area (Å²) in [6.07, 6.45) is 0. The first-order valence-electron chi connectivity index (χ1n) is 8.18. The first-order valence-corrected chi connectivity index (χ1v) is 8.18. The van der Waals surface area contributed by atoms with Crippen molar-refractivity contribution in [2.24, 2.45) is 0 Å². The Hall–Kier alpha value is -2.12. The van der Waals surface area contributed by atoms with Crippen LogP contribution < -0.4 is 5.32 Å². The van der Waals surface area contributed by atoms with Crippen LogP contribution in [-0.4, -0.2) is 66.9 Å². The van der Waals surface area contributed by atoms with Crippen LogP contribution in [-0.2, 0) is 20.8 Å². The van der Waals surface area contributed by atoms with Crippen LogP contribution >= 0.6 is 0 Å². The molecule has 0 saturated carbocycles. The summed E-state index contributed by atoms with van der Waals surface area (Å²) >= 11 is 0. The number of nitrogens with zero attached hydrogens (tertiary/aromatic N) is 2. The molecule has 0 aromatic heterocycles. The van der Waals surface area contributed by atoms with E-state index < -0.39 is 5.79 Å². The molecule has 7 heteroatoms. The van der Waals surface area contributed by atoms with Gasteiger partial charge < -0.3 is 24.6 Å². The first kappa shape index (κ1) is 16.7. The van der Waals surface area contributed by atoms with E-state index in [9.17, 15) is 9.59 Å². The van der Waals surface area contributed by atoms with Crippen molar-refractivity contribution in [2.45, 2.75) is 19.3 Å². The zero-order chi connectivity index (χ0) is 17.0. The molecule has 1 aromatic carbocycles. The summed E-state index contributed by atoms with van der Waals surface area (Å²) in [5.74, 6) is -0.918. The van der Waals surface area contributed by atoms with Crippen LogP contribution in [0.5, 0.6) is 0 Å². The fourth-order valence-electron chi connectivity index (χ4n) is 3.03. The smallest absolute Gasteiger partial charge is 0.317 e. The molecule has 3 rings (SSSR count). The van der Waals surface area contributed by atoms with Crippen molar-refractivity contribution in [3.05, 3.63) is 35.9 Å². The summed E-state index contributed by atoms with van der Waals surface area (Å²) < 4.78 is 11.6. The van der Waals surface area contributed by atoms with Crippen LogP contribution in [0.4, 0.5) is 4.79 Å². The zero-order valence-corrected chi connectivity index (χ0v) is 13.9. The summed E-state index contributed by atoms with van der Waals surface area (Å²) in [6.45, 7) is 4.55. The van der Waals surface area contributed by atoms with E-state index in [4.69, 9.17) is 9.47 Å². The summed E-state index contributed by atoms with van der Waals surface area (Å²) in [6, 6.07) is 9.62. The molecule has 2 aliphatic heterocycles. The highest BCUT2D eigenvalue weighted by atomic mass is 16.7. The van der Waals surface area contributed by atoms with Gasteiger partial charge in [0.15, 0.2) is 0 Å². The maximum absolute atomic E-state index is 12.4. The van der Waals surface area contributed by atoms with Crippen LogP contribution in [0.1, 0.15) is 12.5 Å². The molecule has 1 aromatic rings. The molecule has 7 nitrogen and oxygen atoms in total. The largest absolute Gasteiger partial charge is 0.345 e. The number of benzene rings is 1. The monoisotopic (exact) mass is 333 g/mol. The van der Waals surface area contributed by atoms with Gasteiger partial charge in [-0.1, -0.05) is 30.3 Å². The molecule has 3 amide bonds. The summed E-state index contributed by atoms with van der Waals surface area (Å²) in [4.78, 5) is 27.5. The number of hydrogen-bond acceptors (Lipinski definition) is 4. The minimum Gasteiger partial charge on any atom is -0.345 e. The molecular formula is C17H23N3O4. The molecule has 130 valence electrons. The van der Waals surface area contributed by atoms with E-state index in [0.29, 0.717) is 45.9 Å². The molecule has 1 atom stereocenters. The highest BCUT2D eigenvalue weighted by Crippen LogP contribution is 2.24. The average Bonchev–Trinajstić information content (AvgIpc) is 2.60. The number of nitrogens with one attached hydrogen (secondary N) is 1. The second-order valence-corrected chi connectivity index (χ2v) is 6.11. The van der Waals surface area contributed by atoms with Crippen LogP contribution in [0.25, 0.3) is 0 Å². The van der Waals surface area contributed by atoms with Crippen molar-refractivity contribution in [3.63, 3.8) is 0 Å². The number of ether oxygens (including phenoxy) is 2. The Morgan fingerprint density at radius 3 is 2.38 bits per heavy atom. The van der Waals surface area contributed by atoms with Gasteiger partial charge in [-0.3, -0.25) is 4.79 Å². The predicted molar refractivity (Wildman–Crippen MR) is 87.1 cm³/mol. The van der Waals surface area contributed by atoms with Crippen LogP contribution in [0.2, 0.25) is 0 Å². The fraction of sp³-hybridized carbons (Fsp3) is 0.529. The van der Waals surface area contributed by atoms with E-state index in [1.165, 1.54) is 6.92 Å². The van der Waals surface area contributed by atoms with Gasteiger partial charge in [0.2, 0.25) is 11.7 Å². The third kappa shape index (κ3) is 3.85. The van der Waals surface area contributed by atoms with Crippen LogP contribution in [0.3, 0.4) is 0 Å². The van der Waals surface area contributed by atoms with E-state index >= 15 is 0 Å². The summed E-state index contributed by atoms with van der Waals surface area (Å²) in [5.41, 5.74) is 1.05. The zero-order valence-electron chi connectivity index (χ0n) is 13.9. The second-order valence-electron chi connectivity index (χ2n) is 6.11. The molecule has 0 bridgehead atoms. The van der Waals surface area contributed by atoms with Gasteiger partial charge in [-0.25, -0.2) is 4.79 Å². The number of amides is 3. The Labute approximate surface area is 141 Å². The molecule has 1 N–H and O–H groups in total. The van der Waals surface area contributed by atoms with E-state index in [0.717, 1.165) is 5.56 Å². The van der Waals surface area contributed by atoms with E-state index in [2.05, 4.69) is 5.32 Å². The highest BCUT2D eigenvalue weighted by Gasteiger charge is 2.43. The van der Waals surface area contributed by atoms with Crippen LogP contribution in [0.15, 0.2) is 30.3 Å². The Kier molecular flexibility index (Phi) is 5.01. The van der Waals surface area contributed by atoms with Crippen molar-refractivity contribution in [1.82, 2.24) is 15.1 Å². The lowest BCUT2D eigenvalue weighted by Crippen LogP contribution is -2.64. The molecular weight excluding hydrogens is 310 g/mol. The second kappa shape index (κ2) is 7.19. The standard InChI is InChI=1S/C17H23N3O4/c1-14(21)19-7-9-23-17(12-19)13-20(8-10-24-17)16(22)18-11-15-5-3-2-4-6-15/h2-6H,7-13H2,1H3,(H,18,22). The quantitative estimate of drug-likeness (QED) is 0.869. The predicted octanol–water partition coefficient (Wildman–Crippen LogP) is 0.803. The molecule has 2 heterocycles. The molecule has 2 saturated heterocycles. The van der Waals surface area contributed by atoms with Crippen molar-refractivity contribution in [1.29, 1.82) is 0 Å².